The Hall–Kier alpha value is -1.30. The van der Waals surface area contributed by atoms with Gasteiger partial charge < -0.3 is 9.84 Å². The number of hydrogen-bond donors (Lipinski definition) is 1. The van der Waals surface area contributed by atoms with Crippen molar-refractivity contribution in [2.24, 2.45) is 0 Å². The van der Waals surface area contributed by atoms with E-state index in [0.717, 1.165) is 5.56 Å². The first kappa shape index (κ1) is 16.1. The molecule has 21 heavy (non-hydrogen) atoms. The molecular weight excluding hydrogens is 273 g/mol. The van der Waals surface area contributed by atoms with E-state index in [1.165, 1.54) is 12.1 Å². The van der Waals surface area contributed by atoms with Crippen molar-refractivity contribution in [1.29, 1.82) is 0 Å². The maximum absolute atomic E-state index is 12.8. The highest BCUT2D eigenvalue weighted by Gasteiger charge is 2.31. The van der Waals surface area contributed by atoms with Crippen LogP contribution in [0.1, 0.15) is 18.4 Å². The largest absolute Gasteiger partial charge is 0.388 e. The molecule has 116 valence electrons. The third kappa shape index (κ3) is 5.19. The molecule has 1 heterocycles. The Morgan fingerprint density at radius 2 is 1.95 bits per heavy atom. The van der Waals surface area contributed by atoms with Gasteiger partial charge in [-0.2, -0.15) is 0 Å². The number of nitrogens with zero attached hydrogens (tertiary/aromatic N) is 1. The minimum Gasteiger partial charge on any atom is -0.388 e. The molecule has 1 N–H and O–H groups in total. The number of aliphatic hydroxyl groups is 1. The molecule has 0 radical (unpaired) electrons. The fourth-order valence-corrected chi connectivity index (χ4v) is 2.65. The van der Waals surface area contributed by atoms with E-state index < -0.39 is 5.60 Å². The van der Waals surface area contributed by atoms with E-state index in [1.54, 1.807) is 12.1 Å². The fraction of sp³-hybridized carbons (Fsp3) is 0.562. The van der Waals surface area contributed by atoms with Gasteiger partial charge >= 0.3 is 0 Å². The topological polar surface area (TPSA) is 49.8 Å². The van der Waals surface area contributed by atoms with Crippen molar-refractivity contribution < 1.29 is 19.0 Å². The van der Waals surface area contributed by atoms with Gasteiger partial charge in [-0.25, -0.2) is 4.39 Å². The van der Waals surface area contributed by atoms with E-state index in [2.05, 4.69) is 0 Å². The van der Waals surface area contributed by atoms with Gasteiger partial charge in [-0.1, -0.05) is 12.1 Å². The number of Topliss-reactive ketones (excluding diaryl/α,β-unsaturated/α-hetero) is 1. The van der Waals surface area contributed by atoms with Crippen LogP contribution in [0.15, 0.2) is 24.3 Å². The van der Waals surface area contributed by atoms with Crippen LogP contribution >= 0.6 is 0 Å². The Balaban J connectivity index is 1.80. The Morgan fingerprint density at radius 1 is 1.33 bits per heavy atom. The van der Waals surface area contributed by atoms with Crippen molar-refractivity contribution in [3.05, 3.63) is 35.6 Å². The summed E-state index contributed by atoms with van der Waals surface area (Å²) in [5, 5.41) is 10.4. The second-order valence-corrected chi connectivity index (χ2v) is 5.85. The first-order valence-corrected chi connectivity index (χ1v) is 7.22. The summed E-state index contributed by atoms with van der Waals surface area (Å²) in [5.74, 6) is -0.246. The summed E-state index contributed by atoms with van der Waals surface area (Å²) in [6.45, 7) is 1.87. The molecule has 0 aliphatic carbocycles. The number of hydrogen-bond acceptors (Lipinski definition) is 4. The molecule has 0 bridgehead atoms. The zero-order chi connectivity index (χ0) is 15.3. The summed E-state index contributed by atoms with van der Waals surface area (Å²) in [4.78, 5) is 13.9. The van der Waals surface area contributed by atoms with Crippen LogP contribution in [0.25, 0.3) is 0 Å². The third-order valence-electron chi connectivity index (χ3n) is 3.75. The molecule has 0 unspecified atom stereocenters. The normalized spacial score (nSPS) is 17.9. The highest BCUT2D eigenvalue weighted by molar-refractivity contribution is 5.82. The van der Waals surface area contributed by atoms with Gasteiger partial charge in [0.15, 0.2) is 5.78 Å². The van der Waals surface area contributed by atoms with Gasteiger partial charge in [0.2, 0.25) is 0 Å². The summed E-state index contributed by atoms with van der Waals surface area (Å²) < 4.78 is 18.0. The SMILES string of the molecule is CN(CC(=O)Cc1ccc(F)cc1)CC1(O)CCOCC1. The van der Waals surface area contributed by atoms with E-state index in [0.29, 0.717) is 32.6 Å². The van der Waals surface area contributed by atoms with Gasteiger partial charge in [-0.3, -0.25) is 9.69 Å². The molecule has 1 aromatic rings. The number of carbonyl (C=O) groups is 1. The molecule has 0 saturated carbocycles. The van der Waals surface area contributed by atoms with Crippen molar-refractivity contribution in [2.75, 3.05) is 33.4 Å². The number of benzene rings is 1. The molecule has 1 aromatic carbocycles. The molecule has 5 heteroatoms. The molecule has 2 rings (SSSR count). The zero-order valence-corrected chi connectivity index (χ0v) is 12.3. The first-order chi connectivity index (χ1) is 9.97. The number of ketones is 1. The third-order valence-corrected chi connectivity index (χ3v) is 3.75. The highest BCUT2D eigenvalue weighted by Crippen LogP contribution is 2.21. The predicted octanol–water partition coefficient (Wildman–Crippen LogP) is 1.41. The van der Waals surface area contributed by atoms with Crippen molar-refractivity contribution >= 4 is 5.78 Å². The van der Waals surface area contributed by atoms with Crippen LogP contribution in [0.2, 0.25) is 0 Å². The van der Waals surface area contributed by atoms with Gasteiger partial charge in [0.25, 0.3) is 0 Å². The monoisotopic (exact) mass is 295 g/mol. The van der Waals surface area contributed by atoms with Crippen molar-refractivity contribution in [3.63, 3.8) is 0 Å². The first-order valence-electron chi connectivity index (χ1n) is 7.22. The summed E-state index contributed by atoms with van der Waals surface area (Å²) in [6.07, 6.45) is 1.49. The van der Waals surface area contributed by atoms with Gasteiger partial charge in [0.1, 0.15) is 5.82 Å². The maximum atomic E-state index is 12.8. The second kappa shape index (κ2) is 7.11. The van der Waals surface area contributed by atoms with Crippen molar-refractivity contribution in [1.82, 2.24) is 4.90 Å². The van der Waals surface area contributed by atoms with Crippen LogP contribution in [0.4, 0.5) is 4.39 Å². The second-order valence-electron chi connectivity index (χ2n) is 5.85. The average molecular weight is 295 g/mol. The lowest BCUT2D eigenvalue weighted by atomic mass is 9.94. The summed E-state index contributed by atoms with van der Waals surface area (Å²) in [5.41, 5.74) is 0.0444. The van der Waals surface area contributed by atoms with E-state index in [9.17, 15) is 14.3 Å². The highest BCUT2D eigenvalue weighted by atomic mass is 19.1. The van der Waals surface area contributed by atoms with Gasteiger partial charge in [-0.05, 0) is 24.7 Å². The molecule has 1 fully saturated rings. The molecule has 1 aliphatic rings. The number of halogens is 1. The number of carbonyl (C=O) groups excluding carboxylic acids is 1. The van der Waals surface area contributed by atoms with Crippen LogP contribution in [-0.2, 0) is 16.0 Å². The minimum atomic E-state index is -0.761. The van der Waals surface area contributed by atoms with E-state index in [4.69, 9.17) is 4.74 Å². The Morgan fingerprint density at radius 3 is 2.57 bits per heavy atom. The Bertz CT molecular complexity index is 469. The fourth-order valence-electron chi connectivity index (χ4n) is 2.65. The molecule has 1 aliphatic heterocycles. The minimum absolute atomic E-state index is 0.0553. The van der Waals surface area contributed by atoms with E-state index in [1.807, 2.05) is 11.9 Å². The zero-order valence-electron chi connectivity index (χ0n) is 12.3. The summed E-state index contributed by atoms with van der Waals surface area (Å²) in [7, 11) is 1.83. The molecule has 0 aromatic heterocycles. The Kier molecular flexibility index (Phi) is 5.45. The van der Waals surface area contributed by atoms with Gasteiger partial charge in [0, 0.05) is 39.0 Å². The molecular formula is C16H22FNO3. The van der Waals surface area contributed by atoms with Crippen molar-refractivity contribution in [3.8, 4) is 0 Å². The average Bonchev–Trinajstić information content (AvgIpc) is 2.41. The van der Waals surface area contributed by atoms with Gasteiger partial charge in [0.05, 0.1) is 12.1 Å². The van der Waals surface area contributed by atoms with E-state index >= 15 is 0 Å². The molecule has 0 spiro atoms. The number of ether oxygens (including phenoxy) is 1. The molecule has 1 saturated heterocycles. The smallest absolute Gasteiger partial charge is 0.151 e. The number of rotatable bonds is 6. The lowest BCUT2D eigenvalue weighted by molar-refractivity contribution is -0.121. The van der Waals surface area contributed by atoms with Crippen LogP contribution < -0.4 is 0 Å². The predicted molar refractivity (Wildman–Crippen MR) is 77.6 cm³/mol. The van der Waals surface area contributed by atoms with Crippen LogP contribution in [0.5, 0.6) is 0 Å². The lowest BCUT2D eigenvalue weighted by Crippen LogP contribution is -2.46. The van der Waals surface area contributed by atoms with Crippen LogP contribution in [0, 0.1) is 5.82 Å². The van der Waals surface area contributed by atoms with Crippen molar-refractivity contribution in [2.45, 2.75) is 24.9 Å². The summed E-state index contributed by atoms with van der Waals surface area (Å²) >= 11 is 0. The van der Waals surface area contributed by atoms with E-state index in [-0.39, 0.29) is 24.6 Å². The molecule has 4 nitrogen and oxygen atoms in total. The Labute approximate surface area is 124 Å². The summed E-state index contributed by atoms with van der Waals surface area (Å²) in [6, 6.07) is 5.96. The maximum Gasteiger partial charge on any atom is 0.151 e. The standard InChI is InChI=1S/C16H22FNO3/c1-18(12-16(20)6-8-21-9-7-16)11-15(19)10-13-2-4-14(17)5-3-13/h2-5,20H,6-12H2,1H3. The molecule has 0 amide bonds. The number of likely N-dealkylation sites (N-methyl/N-ethyl adjacent to an activating group) is 1. The molecule has 0 atom stereocenters. The van der Waals surface area contributed by atoms with Crippen LogP contribution in [0.3, 0.4) is 0 Å². The van der Waals surface area contributed by atoms with Crippen LogP contribution in [-0.4, -0.2) is 54.7 Å². The van der Waals surface area contributed by atoms with Gasteiger partial charge in [-0.15, -0.1) is 0 Å². The lowest BCUT2D eigenvalue weighted by Gasteiger charge is -2.35. The quantitative estimate of drug-likeness (QED) is 0.862.